The van der Waals surface area contributed by atoms with Crippen LogP contribution in [0.1, 0.15) is 40.6 Å². The molecule has 4 rings (SSSR count). The van der Waals surface area contributed by atoms with Crippen molar-refractivity contribution < 1.29 is 19.4 Å². The first-order chi connectivity index (χ1) is 17.7. The highest BCUT2D eigenvalue weighted by atomic mass is 16.5. The van der Waals surface area contributed by atoms with Crippen LogP contribution in [0.15, 0.2) is 24.3 Å². The van der Waals surface area contributed by atoms with Gasteiger partial charge in [-0.15, -0.1) is 5.92 Å². The van der Waals surface area contributed by atoms with Crippen molar-refractivity contribution in [1.82, 2.24) is 9.47 Å². The molecule has 0 bridgehead atoms. The number of piperidine rings is 1. The summed E-state index contributed by atoms with van der Waals surface area (Å²) in [4.78, 5) is 34.2. The first kappa shape index (κ1) is 26.4. The van der Waals surface area contributed by atoms with E-state index in [2.05, 4.69) is 16.7 Å². The molecule has 198 valence electrons. The molecule has 0 saturated carbocycles. The first-order valence-corrected chi connectivity index (χ1v) is 12.4. The molecular formula is C27H36N6O4. The lowest BCUT2D eigenvalue weighted by Gasteiger charge is -2.40. The molecule has 3 heterocycles. The van der Waals surface area contributed by atoms with Crippen molar-refractivity contribution in [2.45, 2.75) is 38.7 Å². The van der Waals surface area contributed by atoms with Gasteiger partial charge in [0.05, 0.1) is 25.9 Å². The Balaban J connectivity index is 1.82. The molecule has 0 aliphatic carbocycles. The third-order valence-electron chi connectivity index (χ3n) is 6.95. The van der Waals surface area contributed by atoms with E-state index in [4.69, 9.17) is 10.5 Å². The summed E-state index contributed by atoms with van der Waals surface area (Å²) in [6, 6.07) is 6.79. The number of anilines is 3. The molecule has 1 fully saturated rings. The lowest BCUT2D eigenvalue weighted by Crippen LogP contribution is -2.55. The van der Waals surface area contributed by atoms with Gasteiger partial charge < -0.3 is 34.8 Å². The Morgan fingerprint density at radius 2 is 2.08 bits per heavy atom. The quantitative estimate of drug-likeness (QED) is 0.429. The van der Waals surface area contributed by atoms with Crippen molar-refractivity contribution >= 4 is 28.9 Å². The lowest BCUT2D eigenvalue weighted by molar-refractivity contribution is 0.00492. The van der Waals surface area contributed by atoms with Gasteiger partial charge in [-0.2, -0.15) is 0 Å². The van der Waals surface area contributed by atoms with Crippen LogP contribution >= 0.6 is 0 Å². The Bertz CT molecular complexity index is 1240. The number of benzene rings is 1. The van der Waals surface area contributed by atoms with E-state index < -0.39 is 12.3 Å². The molecule has 37 heavy (non-hydrogen) atoms. The minimum Gasteiger partial charge on any atom is -0.497 e. The van der Waals surface area contributed by atoms with Crippen molar-refractivity contribution in [3.05, 3.63) is 35.5 Å². The summed E-state index contributed by atoms with van der Waals surface area (Å²) in [5.41, 5.74) is 8.55. The van der Waals surface area contributed by atoms with Gasteiger partial charge in [-0.1, -0.05) is 18.1 Å². The van der Waals surface area contributed by atoms with Crippen LogP contribution in [0.2, 0.25) is 0 Å². The molecule has 2 atom stereocenters. The molecule has 10 nitrogen and oxygen atoms in total. The number of aliphatic hydroxyl groups is 1. The summed E-state index contributed by atoms with van der Waals surface area (Å²) >= 11 is 0. The number of rotatable bonds is 7. The van der Waals surface area contributed by atoms with Gasteiger partial charge in [0.2, 0.25) is 6.35 Å². The summed E-state index contributed by atoms with van der Waals surface area (Å²) in [6.07, 6.45) is 0.565. The molecule has 0 radical (unpaired) electrons. The monoisotopic (exact) mass is 508 g/mol. The van der Waals surface area contributed by atoms with E-state index in [1.165, 1.54) is 12.0 Å². The van der Waals surface area contributed by atoms with Crippen molar-refractivity contribution in [3.63, 3.8) is 0 Å². The number of nitrogens with zero attached hydrogens (tertiary/aromatic N) is 5. The molecule has 1 saturated heterocycles. The Hall–Kier alpha value is -3.68. The van der Waals surface area contributed by atoms with Gasteiger partial charge in [0.1, 0.15) is 22.9 Å². The summed E-state index contributed by atoms with van der Waals surface area (Å²) in [6.45, 7) is 3.22. The number of Topliss-reactive ketones (excluding diaryl/α,β-unsaturated/α-hetero) is 1. The third kappa shape index (κ3) is 4.84. The second-order valence-electron chi connectivity index (χ2n) is 9.67. The fourth-order valence-electron chi connectivity index (χ4n) is 5.14. The summed E-state index contributed by atoms with van der Waals surface area (Å²) in [5.74, 6) is 6.70. The molecule has 1 amide bonds. The maximum Gasteiger partial charge on any atom is 0.276 e. The Morgan fingerprint density at radius 3 is 2.73 bits per heavy atom. The van der Waals surface area contributed by atoms with E-state index in [9.17, 15) is 14.7 Å². The van der Waals surface area contributed by atoms with Crippen molar-refractivity contribution in [3.8, 4) is 17.6 Å². The second-order valence-corrected chi connectivity index (χ2v) is 9.67. The Labute approximate surface area is 218 Å². The normalized spacial score (nSPS) is 19.3. The molecular weight excluding hydrogens is 472 g/mol. The van der Waals surface area contributed by atoms with E-state index in [0.717, 1.165) is 30.9 Å². The molecule has 1 aromatic heterocycles. The number of fused-ring (bicyclic) bond motifs is 1. The van der Waals surface area contributed by atoms with Crippen molar-refractivity contribution in [2.24, 2.45) is 5.73 Å². The number of carbonyl (C=O) groups excluding carboxylic acids is 2. The lowest BCUT2D eigenvalue weighted by atomic mass is 10.1. The van der Waals surface area contributed by atoms with Gasteiger partial charge in [0.15, 0.2) is 5.78 Å². The van der Waals surface area contributed by atoms with Crippen LogP contribution in [0.3, 0.4) is 0 Å². The fourth-order valence-corrected chi connectivity index (χ4v) is 5.14. The number of hydrogen-bond acceptors (Lipinski definition) is 8. The number of nitrogens with two attached hydrogens (primary N) is 1. The van der Waals surface area contributed by atoms with Crippen LogP contribution in [0.25, 0.3) is 0 Å². The minimum absolute atomic E-state index is 0.0254. The fraction of sp³-hybridized carbons (Fsp3) is 0.481. The number of ether oxygens (including phenoxy) is 1. The molecule has 2 aliphatic rings. The standard InChI is InChI=1S/C27H36N6O4/c1-6-7-14-32-24-22(23(29(2)3)25(32)31-13-9-11-19(28)16-31)30(4)27(36)33(26(24)35)17-21(34)18-10-8-12-20(15-18)37-5/h8,10,12,15,19,27,36H,9,11,13-14,16-17,28H2,1-5H3/t19-,27?/m0/s1. The molecule has 1 aromatic carbocycles. The molecule has 10 heteroatoms. The molecule has 2 aliphatic heterocycles. The number of amides is 1. The maximum absolute atomic E-state index is 14.0. The third-order valence-corrected chi connectivity index (χ3v) is 6.95. The van der Waals surface area contributed by atoms with Gasteiger partial charge in [-0.05, 0) is 31.9 Å². The van der Waals surface area contributed by atoms with Gasteiger partial charge >= 0.3 is 0 Å². The van der Waals surface area contributed by atoms with E-state index >= 15 is 0 Å². The number of aromatic nitrogens is 1. The maximum atomic E-state index is 14.0. The minimum atomic E-state index is -1.32. The van der Waals surface area contributed by atoms with Crippen LogP contribution in [0.5, 0.6) is 5.75 Å². The van der Waals surface area contributed by atoms with E-state index in [0.29, 0.717) is 35.8 Å². The van der Waals surface area contributed by atoms with Gasteiger partial charge in [-0.3, -0.25) is 14.5 Å². The summed E-state index contributed by atoms with van der Waals surface area (Å²) in [5, 5.41) is 11.3. The number of aliphatic hydroxyl groups excluding tert-OH is 1. The van der Waals surface area contributed by atoms with Crippen LogP contribution < -0.4 is 25.2 Å². The largest absolute Gasteiger partial charge is 0.497 e. The zero-order valence-corrected chi connectivity index (χ0v) is 22.2. The van der Waals surface area contributed by atoms with E-state index in [-0.39, 0.29) is 18.4 Å². The zero-order chi connectivity index (χ0) is 26.9. The van der Waals surface area contributed by atoms with Crippen LogP contribution in [0, 0.1) is 11.8 Å². The number of ketones is 1. The van der Waals surface area contributed by atoms with Crippen LogP contribution in [0.4, 0.5) is 17.2 Å². The van der Waals surface area contributed by atoms with Gasteiger partial charge in [0.25, 0.3) is 5.91 Å². The molecule has 0 spiro atoms. The predicted octanol–water partition coefficient (Wildman–Crippen LogP) is 1.56. The summed E-state index contributed by atoms with van der Waals surface area (Å²) < 4.78 is 7.14. The highest BCUT2D eigenvalue weighted by Gasteiger charge is 2.43. The molecule has 3 N–H and O–H groups in total. The average Bonchev–Trinajstić information content (AvgIpc) is 3.24. The number of hydrogen-bond donors (Lipinski definition) is 2. The van der Waals surface area contributed by atoms with Gasteiger partial charge in [-0.25, -0.2) is 0 Å². The highest BCUT2D eigenvalue weighted by Crippen LogP contribution is 2.47. The van der Waals surface area contributed by atoms with Gasteiger partial charge in [0, 0.05) is 45.8 Å². The summed E-state index contributed by atoms with van der Waals surface area (Å²) in [7, 11) is 7.10. The van der Waals surface area contributed by atoms with Crippen molar-refractivity contribution in [1.29, 1.82) is 0 Å². The van der Waals surface area contributed by atoms with E-state index in [1.807, 2.05) is 23.6 Å². The van der Waals surface area contributed by atoms with Crippen molar-refractivity contribution in [2.75, 3.05) is 62.6 Å². The molecule has 1 unspecified atom stereocenters. The molecule has 2 aromatic rings. The average molecular weight is 509 g/mol. The number of methoxy groups -OCH3 is 1. The van der Waals surface area contributed by atoms with Crippen LogP contribution in [-0.4, -0.2) is 86.5 Å². The zero-order valence-electron chi connectivity index (χ0n) is 22.2. The Kier molecular flexibility index (Phi) is 7.66. The SMILES string of the molecule is CC#CCn1c2c(c(N(C)C)c1N1CCC[C@H](N)C1)N(C)C(O)N(CC(=O)c1cccc(OC)c1)C2=O. The second kappa shape index (κ2) is 10.7. The van der Waals surface area contributed by atoms with Crippen LogP contribution in [-0.2, 0) is 6.54 Å². The first-order valence-electron chi connectivity index (χ1n) is 12.4. The number of carbonyl (C=O) groups is 2. The topological polar surface area (TPSA) is 108 Å². The van der Waals surface area contributed by atoms with E-state index in [1.54, 1.807) is 43.1 Å². The smallest absolute Gasteiger partial charge is 0.276 e. The predicted molar refractivity (Wildman–Crippen MR) is 144 cm³/mol. The highest BCUT2D eigenvalue weighted by molar-refractivity contribution is 6.09. The Morgan fingerprint density at radius 1 is 1.32 bits per heavy atom.